The molecule has 1 heterocycles. The third kappa shape index (κ3) is 3.27. The molecule has 1 saturated heterocycles. The summed E-state index contributed by atoms with van der Waals surface area (Å²) in [7, 11) is 3.60. The first kappa shape index (κ1) is 11.5. The molecule has 1 fully saturated rings. The molecule has 0 unspecified atom stereocenters. The van der Waals surface area contributed by atoms with Crippen molar-refractivity contribution in [3.05, 3.63) is 0 Å². The maximum Gasteiger partial charge on any atom is 0.224 e. The largest absolute Gasteiger partial charge is 0.384 e. The number of nitrogens with zero attached hydrogens (tertiary/aromatic N) is 1. The highest BCUT2D eigenvalue weighted by atomic mass is 16.5. The van der Waals surface area contributed by atoms with Crippen molar-refractivity contribution in [1.82, 2.24) is 10.2 Å². The maximum atomic E-state index is 11.6. The average Bonchev–Trinajstić information content (AvgIpc) is 2.26. The molecule has 1 amide bonds. The van der Waals surface area contributed by atoms with E-state index in [1.165, 1.54) is 0 Å². The van der Waals surface area contributed by atoms with Crippen molar-refractivity contribution in [3.8, 4) is 0 Å². The summed E-state index contributed by atoms with van der Waals surface area (Å²) in [5.41, 5.74) is 0. The number of ether oxygens (including phenoxy) is 1. The van der Waals surface area contributed by atoms with E-state index in [1.54, 1.807) is 7.11 Å². The Hall–Kier alpha value is -0.610. The molecule has 0 bridgehead atoms. The van der Waals surface area contributed by atoms with Gasteiger partial charge in [-0.25, -0.2) is 0 Å². The lowest BCUT2D eigenvalue weighted by atomic mass is 10.1. The van der Waals surface area contributed by atoms with E-state index in [-0.39, 0.29) is 5.91 Å². The van der Waals surface area contributed by atoms with Crippen molar-refractivity contribution < 1.29 is 9.53 Å². The molecule has 1 aliphatic rings. The second-order valence-corrected chi connectivity index (χ2v) is 3.69. The van der Waals surface area contributed by atoms with Gasteiger partial charge < -0.3 is 15.0 Å². The van der Waals surface area contributed by atoms with Crippen LogP contribution in [-0.4, -0.2) is 50.7 Å². The lowest BCUT2D eigenvalue weighted by Gasteiger charge is -2.31. The number of piperidine rings is 1. The van der Waals surface area contributed by atoms with Gasteiger partial charge in [0.2, 0.25) is 5.91 Å². The normalized spacial score (nSPS) is 18.6. The predicted octanol–water partition coefficient (Wildman–Crippen LogP) is 0.233. The van der Waals surface area contributed by atoms with Gasteiger partial charge in [-0.1, -0.05) is 0 Å². The Kier molecular flexibility index (Phi) is 4.90. The molecule has 0 radical (unpaired) electrons. The minimum Gasteiger partial charge on any atom is -0.384 e. The summed E-state index contributed by atoms with van der Waals surface area (Å²) >= 11 is 0. The van der Waals surface area contributed by atoms with E-state index in [0.29, 0.717) is 19.1 Å². The molecule has 4 nitrogen and oxygen atoms in total. The maximum absolute atomic E-state index is 11.6. The van der Waals surface area contributed by atoms with Crippen molar-refractivity contribution in [2.75, 3.05) is 33.9 Å². The minimum absolute atomic E-state index is 0.224. The van der Waals surface area contributed by atoms with Crippen LogP contribution in [0.25, 0.3) is 0 Å². The van der Waals surface area contributed by atoms with Gasteiger partial charge in [-0.3, -0.25) is 4.79 Å². The molecule has 0 aromatic rings. The highest BCUT2D eigenvalue weighted by Gasteiger charge is 2.20. The van der Waals surface area contributed by atoms with Crippen LogP contribution in [0.1, 0.15) is 19.3 Å². The molecule has 0 spiro atoms. The van der Waals surface area contributed by atoms with Crippen LogP contribution in [0.2, 0.25) is 0 Å². The molecule has 0 atom stereocenters. The number of methoxy groups -OCH3 is 1. The van der Waals surface area contributed by atoms with Crippen molar-refractivity contribution in [3.63, 3.8) is 0 Å². The first-order chi connectivity index (χ1) is 6.77. The van der Waals surface area contributed by atoms with Crippen LogP contribution in [0.3, 0.4) is 0 Å². The Labute approximate surface area is 85.6 Å². The molecule has 0 aromatic heterocycles. The van der Waals surface area contributed by atoms with Crippen LogP contribution in [0.5, 0.6) is 0 Å². The number of amides is 1. The summed E-state index contributed by atoms with van der Waals surface area (Å²) in [6, 6.07) is 0.585. The van der Waals surface area contributed by atoms with Crippen LogP contribution in [-0.2, 0) is 9.53 Å². The second-order valence-electron chi connectivity index (χ2n) is 3.69. The SMILES string of the molecule is CNC1CCN(C(=O)CCOC)CC1. The fourth-order valence-corrected chi connectivity index (χ4v) is 1.77. The van der Waals surface area contributed by atoms with Gasteiger partial charge in [0.05, 0.1) is 13.0 Å². The molecule has 1 aliphatic heterocycles. The zero-order valence-electron chi connectivity index (χ0n) is 9.08. The lowest BCUT2D eigenvalue weighted by Crippen LogP contribution is -2.44. The summed E-state index contributed by atoms with van der Waals surface area (Å²) in [6.45, 7) is 2.30. The van der Waals surface area contributed by atoms with Gasteiger partial charge in [-0.15, -0.1) is 0 Å². The Balaban J connectivity index is 2.23. The fourth-order valence-electron chi connectivity index (χ4n) is 1.77. The van der Waals surface area contributed by atoms with Gasteiger partial charge in [-0.2, -0.15) is 0 Å². The highest BCUT2D eigenvalue weighted by molar-refractivity contribution is 5.76. The third-order valence-electron chi connectivity index (χ3n) is 2.78. The number of hydrogen-bond donors (Lipinski definition) is 1. The monoisotopic (exact) mass is 200 g/mol. The van der Waals surface area contributed by atoms with E-state index in [2.05, 4.69) is 5.32 Å². The minimum atomic E-state index is 0.224. The molecular formula is C10H20N2O2. The Morgan fingerprint density at radius 2 is 2.14 bits per heavy atom. The number of carbonyl (C=O) groups is 1. The number of hydrogen-bond acceptors (Lipinski definition) is 3. The fraction of sp³-hybridized carbons (Fsp3) is 0.900. The van der Waals surface area contributed by atoms with Crippen LogP contribution in [0.4, 0.5) is 0 Å². The smallest absolute Gasteiger partial charge is 0.224 e. The summed E-state index contributed by atoms with van der Waals surface area (Å²) < 4.78 is 4.89. The van der Waals surface area contributed by atoms with Gasteiger partial charge in [0.25, 0.3) is 0 Å². The third-order valence-corrected chi connectivity index (χ3v) is 2.78. The molecule has 14 heavy (non-hydrogen) atoms. The van der Waals surface area contributed by atoms with Gasteiger partial charge in [0, 0.05) is 26.2 Å². The predicted molar refractivity (Wildman–Crippen MR) is 55.2 cm³/mol. The van der Waals surface area contributed by atoms with Gasteiger partial charge in [0.1, 0.15) is 0 Å². The van der Waals surface area contributed by atoms with Crippen molar-refractivity contribution in [2.45, 2.75) is 25.3 Å². The second kappa shape index (κ2) is 5.98. The molecule has 0 aliphatic carbocycles. The molecule has 0 saturated carbocycles. The Morgan fingerprint density at radius 3 is 2.64 bits per heavy atom. The van der Waals surface area contributed by atoms with E-state index in [9.17, 15) is 4.79 Å². The topological polar surface area (TPSA) is 41.6 Å². The standard InChI is InChI=1S/C10H20N2O2/c1-11-9-3-6-12(7-4-9)10(13)5-8-14-2/h9,11H,3-8H2,1-2H3. The van der Waals surface area contributed by atoms with Gasteiger partial charge >= 0.3 is 0 Å². The molecule has 82 valence electrons. The Morgan fingerprint density at radius 1 is 1.50 bits per heavy atom. The lowest BCUT2D eigenvalue weighted by molar-refractivity contribution is -0.133. The van der Waals surface area contributed by atoms with Crippen LogP contribution in [0, 0.1) is 0 Å². The quantitative estimate of drug-likeness (QED) is 0.706. The van der Waals surface area contributed by atoms with E-state index in [0.717, 1.165) is 25.9 Å². The molecule has 1 N–H and O–H groups in total. The van der Waals surface area contributed by atoms with E-state index < -0.39 is 0 Å². The molecule has 1 rings (SSSR count). The molecule has 0 aromatic carbocycles. The molecule has 4 heteroatoms. The number of rotatable bonds is 4. The molecular weight excluding hydrogens is 180 g/mol. The van der Waals surface area contributed by atoms with E-state index in [4.69, 9.17) is 4.74 Å². The van der Waals surface area contributed by atoms with Crippen LogP contribution < -0.4 is 5.32 Å². The zero-order valence-corrected chi connectivity index (χ0v) is 9.08. The Bertz CT molecular complexity index is 177. The van der Waals surface area contributed by atoms with Crippen molar-refractivity contribution in [1.29, 1.82) is 0 Å². The van der Waals surface area contributed by atoms with E-state index in [1.807, 2.05) is 11.9 Å². The number of nitrogens with one attached hydrogen (secondary N) is 1. The zero-order chi connectivity index (χ0) is 10.4. The van der Waals surface area contributed by atoms with Crippen LogP contribution >= 0.6 is 0 Å². The van der Waals surface area contributed by atoms with Gasteiger partial charge in [-0.05, 0) is 19.9 Å². The van der Waals surface area contributed by atoms with Crippen molar-refractivity contribution in [2.24, 2.45) is 0 Å². The first-order valence-electron chi connectivity index (χ1n) is 5.22. The summed E-state index contributed by atoms with van der Waals surface area (Å²) in [5.74, 6) is 0.224. The average molecular weight is 200 g/mol. The summed E-state index contributed by atoms with van der Waals surface area (Å²) in [5, 5.41) is 3.24. The van der Waals surface area contributed by atoms with E-state index >= 15 is 0 Å². The first-order valence-corrected chi connectivity index (χ1v) is 5.22. The summed E-state index contributed by atoms with van der Waals surface area (Å²) in [6.07, 6.45) is 2.64. The van der Waals surface area contributed by atoms with Crippen molar-refractivity contribution >= 4 is 5.91 Å². The number of likely N-dealkylation sites (tertiary alicyclic amines) is 1. The summed E-state index contributed by atoms with van der Waals surface area (Å²) in [4.78, 5) is 13.5. The number of carbonyl (C=O) groups excluding carboxylic acids is 1. The highest BCUT2D eigenvalue weighted by Crippen LogP contribution is 2.10. The van der Waals surface area contributed by atoms with Crippen LogP contribution in [0.15, 0.2) is 0 Å². The van der Waals surface area contributed by atoms with Gasteiger partial charge in [0.15, 0.2) is 0 Å².